The first-order valence-electron chi connectivity index (χ1n) is 5.91. The van der Waals surface area contributed by atoms with Crippen LogP contribution >= 0.6 is 15.9 Å². The summed E-state index contributed by atoms with van der Waals surface area (Å²) in [6.07, 6.45) is 2.48. The average Bonchev–Trinajstić information content (AvgIpc) is 2.41. The number of nitrogens with one attached hydrogen (secondary N) is 1. The van der Waals surface area contributed by atoms with Crippen LogP contribution in [0.4, 0.5) is 11.5 Å². The highest BCUT2D eigenvalue weighted by Gasteiger charge is 2.11. The largest absolute Gasteiger partial charge is 0.383 e. The van der Waals surface area contributed by atoms with Crippen LogP contribution < -0.4 is 11.1 Å². The summed E-state index contributed by atoms with van der Waals surface area (Å²) < 4.78 is 0.717. The second kappa shape index (κ2) is 5.84. The van der Waals surface area contributed by atoms with E-state index in [1.54, 1.807) is 12.3 Å². The number of carbonyl (C=O) groups excluding carboxylic acids is 1. The van der Waals surface area contributed by atoms with Crippen molar-refractivity contribution < 1.29 is 4.79 Å². The van der Waals surface area contributed by atoms with Gasteiger partial charge in [0.1, 0.15) is 5.82 Å². The molecule has 0 fully saturated rings. The van der Waals surface area contributed by atoms with E-state index in [1.807, 2.05) is 24.3 Å². The van der Waals surface area contributed by atoms with Crippen LogP contribution in [-0.4, -0.2) is 10.9 Å². The van der Waals surface area contributed by atoms with Gasteiger partial charge in [-0.2, -0.15) is 0 Å². The van der Waals surface area contributed by atoms with Gasteiger partial charge >= 0.3 is 0 Å². The van der Waals surface area contributed by atoms with Crippen molar-refractivity contribution >= 4 is 33.3 Å². The van der Waals surface area contributed by atoms with Crippen LogP contribution in [0, 0.1) is 0 Å². The van der Waals surface area contributed by atoms with Gasteiger partial charge in [-0.1, -0.05) is 19.1 Å². The van der Waals surface area contributed by atoms with Crippen molar-refractivity contribution in [2.45, 2.75) is 13.3 Å². The maximum absolute atomic E-state index is 12.1. The lowest BCUT2D eigenvalue weighted by Crippen LogP contribution is -2.15. The summed E-state index contributed by atoms with van der Waals surface area (Å²) in [6, 6.07) is 9.38. The number of rotatable bonds is 3. The number of halogens is 1. The monoisotopic (exact) mass is 319 g/mol. The molecule has 1 aromatic carbocycles. The van der Waals surface area contributed by atoms with Crippen LogP contribution in [-0.2, 0) is 6.42 Å². The molecule has 0 saturated heterocycles. The van der Waals surface area contributed by atoms with Gasteiger partial charge in [0, 0.05) is 16.4 Å². The normalized spacial score (nSPS) is 10.2. The van der Waals surface area contributed by atoms with E-state index < -0.39 is 0 Å². The molecule has 0 saturated carbocycles. The molecule has 1 aromatic heterocycles. The standard InChI is InChI=1S/C14H14BrN3O/c1-2-9-4-3-5-11(6-9)18-14(19)12-7-10(15)8-17-13(12)16/h3-8H,2H2,1H3,(H2,16,17)(H,18,19). The molecule has 5 heteroatoms. The van der Waals surface area contributed by atoms with Crippen molar-refractivity contribution in [3.05, 3.63) is 52.1 Å². The lowest BCUT2D eigenvalue weighted by Gasteiger charge is -2.08. The molecule has 1 heterocycles. The third kappa shape index (κ3) is 3.32. The predicted octanol–water partition coefficient (Wildman–Crippen LogP) is 3.24. The number of hydrogen-bond donors (Lipinski definition) is 2. The van der Waals surface area contributed by atoms with E-state index in [9.17, 15) is 4.79 Å². The Morgan fingerprint density at radius 1 is 1.42 bits per heavy atom. The van der Waals surface area contributed by atoms with E-state index in [1.165, 1.54) is 0 Å². The van der Waals surface area contributed by atoms with Gasteiger partial charge in [-0.05, 0) is 46.1 Å². The molecule has 19 heavy (non-hydrogen) atoms. The zero-order chi connectivity index (χ0) is 13.8. The molecule has 0 radical (unpaired) electrons. The number of benzene rings is 1. The van der Waals surface area contributed by atoms with Crippen LogP contribution in [0.3, 0.4) is 0 Å². The maximum atomic E-state index is 12.1. The minimum Gasteiger partial charge on any atom is -0.383 e. The van der Waals surface area contributed by atoms with Gasteiger partial charge in [-0.15, -0.1) is 0 Å². The summed E-state index contributed by atoms with van der Waals surface area (Å²) in [4.78, 5) is 16.1. The molecule has 1 amide bonds. The molecular weight excluding hydrogens is 306 g/mol. The Bertz CT molecular complexity index is 613. The highest BCUT2D eigenvalue weighted by atomic mass is 79.9. The number of nitrogen functional groups attached to an aromatic ring is 1. The molecule has 3 N–H and O–H groups in total. The van der Waals surface area contributed by atoms with Gasteiger partial charge in [-0.3, -0.25) is 4.79 Å². The molecule has 0 aliphatic heterocycles. The molecule has 2 aromatic rings. The smallest absolute Gasteiger partial charge is 0.259 e. The lowest BCUT2D eigenvalue weighted by atomic mass is 10.1. The van der Waals surface area contributed by atoms with Gasteiger partial charge in [0.25, 0.3) is 5.91 Å². The molecule has 98 valence electrons. The van der Waals surface area contributed by atoms with E-state index in [0.717, 1.165) is 17.7 Å². The van der Waals surface area contributed by atoms with Crippen molar-refractivity contribution in [2.75, 3.05) is 11.1 Å². The van der Waals surface area contributed by atoms with Crippen molar-refractivity contribution in [1.82, 2.24) is 4.98 Å². The summed E-state index contributed by atoms with van der Waals surface area (Å²) in [7, 11) is 0. The van der Waals surface area contributed by atoms with Crippen molar-refractivity contribution in [3.8, 4) is 0 Å². The van der Waals surface area contributed by atoms with Gasteiger partial charge < -0.3 is 11.1 Å². The number of anilines is 2. The first-order chi connectivity index (χ1) is 9.10. The number of aromatic nitrogens is 1. The van der Waals surface area contributed by atoms with Gasteiger partial charge in [0.2, 0.25) is 0 Å². The van der Waals surface area contributed by atoms with Crippen LogP contribution in [0.15, 0.2) is 41.0 Å². The minimum absolute atomic E-state index is 0.215. The molecular formula is C14H14BrN3O. The third-order valence-electron chi connectivity index (χ3n) is 2.72. The van der Waals surface area contributed by atoms with Gasteiger partial charge in [-0.25, -0.2) is 4.98 Å². The average molecular weight is 320 g/mol. The first-order valence-corrected chi connectivity index (χ1v) is 6.70. The SMILES string of the molecule is CCc1cccc(NC(=O)c2cc(Br)cnc2N)c1. The number of nitrogens with zero attached hydrogens (tertiary/aromatic N) is 1. The van der Waals surface area contributed by atoms with Crippen LogP contribution in [0.2, 0.25) is 0 Å². The molecule has 4 nitrogen and oxygen atoms in total. The van der Waals surface area contributed by atoms with Crippen LogP contribution in [0.25, 0.3) is 0 Å². The van der Waals surface area contributed by atoms with E-state index in [2.05, 4.69) is 33.2 Å². The summed E-state index contributed by atoms with van der Waals surface area (Å²) >= 11 is 3.27. The zero-order valence-electron chi connectivity index (χ0n) is 10.5. The number of nitrogens with two attached hydrogens (primary N) is 1. The van der Waals surface area contributed by atoms with E-state index in [-0.39, 0.29) is 11.7 Å². The molecule has 0 spiro atoms. The Labute approximate surface area is 120 Å². The van der Waals surface area contributed by atoms with Crippen LogP contribution in [0.1, 0.15) is 22.8 Å². The lowest BCUT2D eigenvalue weighted by molar-refractivity contribution is 0.102. The third-order valence-corrected chi connectivity index (χ3v) is 3.16. The molecule has 2 rings (SSSR count). The Balaban J connectivity index is 2.23. The van der Waals surface area contributed by atoms with E-state index in [4.69, 9.17) is 5.73 Å². The molecule has 0 aliphatic rings. The zero-order valence-corrected chi connectivity index (χ0v) is 12.1. The Morgan fingerprint density at radius 2 is 2.21 bits per heavy atom. The van der Waals surface area contributed by atoms with Crippen molar-refractivity contribution in [3.63, 3.8) is 0 Å². The number of pyridine rings is 1. The minimum atomic E-state index is -0.264. The summed E-state index contributed by atoms with van der Waals surface area (Å²) in [5.41, 5.74) is 7.98. The summed E-state index contributed by atoms with van der Waals surface area (Å²) in [5.74, 6) is -0.0492. The fraction of sp³-hybridized carbons (Fsp3) is 0.143. The fourth-order valence-electron chi connectivity index (χ4n) is 1.70. The van der Waals surface area contributed by atoms with Crippen molar-refractivity contribution in [1.29, 1.82) is 0 Å². The highest BCUT2D eigenvalue weighted by molar-refractivity contribution is 9.10. The van der Waals surface area contributed by atoms with E-state index >= 15 is 0 Å². The predicted molar refractivity (Wildman–Crippen MR) is 80.1 cm³/mol. The first kappa shape index (κ1) is 13.5. The van der Waals surface area contributed by atoms with Gasteiger partial charge in [0.15, 0.2) is 0 Å². The highest BCUT2D eigenvalue weighted by Crippen LogP contribution is 2.18. The molecule has 0 unspecified atom stereocenters. The fourth-order valence-corrected chi connectivity index (χ4v) is 2.03. The number of aryl methyl sites for hydroxylation is 1. The summed E-state index contributed by atoms with van der Waals surface area (Å²) in [6.45, 7) is 2.07. The topological polar surface area (TPSA) is 68.0 Å². The molecule has 0 bridgehead atoms. The van der Waals surface area contributed by atoms with Crippen molar-refractivity contribution in [2.24, 2.45) is 0 Å². The van der Waals surface area contributed by atoms with Gasteiger partial charge in [0.05, 0.1) is 5.56 Å². The Hall–Kier alpha value is -1.88. The van der Waals surface area contributed by atoms with E-state index in [0.29, 0.717) is 10.0 Å². The molecule has 0 aliphatic carbocycles. The van der Waals surface area contributed by atoms with Crippen LogP contribution in [0.5, 0.6) is 0 Å². The number of hydrogen-bond acceptors (Lipinski definition) is 3. The maximum Gasteiger partial charge on any atom is 0.259 e. The second-order valence-electron chi connectivity index (χ2n) is 4.09. The Kier molecular flexibility index (Phi) is 4.16. The Morgan fingerprint density at radius 3 is 2.95 bits per heavy atom. The second-order valence-corrected chi connectivity index (χ2v) is 5.01. The quantitative estimate of drug-likeness (QED) is 0.912. The number of amides is 1. The summed E-state index contributed by atoms with van der Waals surface area (Å²) in [5, 5.41) is 2.82. The number of carbonyl (C=O) groups is 1. The molecule has 0 atom stereocenters.